The van der Waals surface area contributed by atoms with E-state index in [4.69, 9.17) is 5.11 Å². The molecule has 0 aromatic heterocycles. The highest BCUT2D eigenvalue weighted by molar-refractivity contribution is 5.87. The van der Waals surface area contributed by atoms with Crippen molar-refractivity contribution in [2.75, 3.05) is 0 Å². The van der Waals surface area contributed by atoms with E-state index in [1.807, 2.05) is 0 Å². The van der Waals surface area contributed by atoms with Crippen LogP contribution in [0.1, 0.15) is 5.56 Å². The van der Waals surface area contributed by atoms with Crippen LogP contribution >= 0.6 is 0 Å². The van der Waals surface area contributed by atoms with Gasteiger partial charge in [0.1, 0.15) is 11.8 Å². The minimum absolute atomic E-state index is 0.190. The maximum atomic E-state index is 12.1. The molecular formula is C12H10F5NO4. The number of ether oxygens (including phenoxy) is 1. The standard InChI is InChI=1S/C12H10F5NO4/c13-11(14)22-7-3-1-6(2-4-7)5-8(9(19)20)18-10(21)12(15,16)17/h1-4,8,11H,5H2,(H,18,21)(H,19,20). The van der Waals surface area contributed by atoms with Gasteiger partial charge in [0.15, 0.2) is 0 Å². The van der Waals surface area contributed by atoms with Gasteiger partial charge in [0.25, 0.3) is 0 Å². The fraction of sp³-hybridized carbons (Fsp3) is 0.333. The van der Waals surface area contributed by atoms with Crippen LogP contribution in [-0.2, 0) is 16.0 Å². The van der Waals surface area contributed by atoms with Gasteiger partial charge in [-0.2, -0.15) is 22.0 Å². The maximum absolute atomic E-state index is 12.1. The summed E-state index contributed by atoms with van der Waals surface area (Å²) >= 11 is 0. The van der Waals surface area contributed by atoms with Crippen molar-refractivity contribution in [3.05, 3.63) is 29.8 Å². The number of amides is 1. The second-order valence-electron chi connectivity index (χ2n) is 4.09. The summed E-state index contributed by atoms with van der Waals surface area (Å²) in [5.74, 6) is -4.23. The van der Waals surface area contributed by atoms with Gasteiger partial charge in [0.2, 0.25) is 0 Å². The molecule has 1 atom stereocenters. The number of carbonyl (C=O) groups is 2. The van der Waals surface area contributed by atoms with Crippen LogP contribution in [0.2, 0.25) is 0 Å². The summed E-state index contributed by atoms with van der Waals surface area (Å²) in [6, 6.07) is 2.80. The third-order valence-electron chi connectivity index (χ3n) is 2.45. The lowest BCUT2D eigenvalue weighted by atomic mass is 10.1. The monoisotopic (exact) mass is 327 g/mol. The molecular weight excluding hydrogens is 317 g/mol. The van der Waals surface area contributed by atoms with Crippen molar-refractivity contribution >= 4 is 11.9 Å². The lowest BCUT2D eigenvalue weighted by molar-refractivity contribution is -0.175. The van der Waals surface area contributed by atoms with E-state index in [2.05, 4.69) is 4.74 Å². The second kappa shape index (κ2) is 7.05. The molecule has 0 radical (unpaired) electrons. The van der Waals surface area contributed by atoms with Crippen molar-refractivity contribution in [2.24, 2.45) is 0 Å². The molecule has 0 aliphatic carbocycles. The van der Waals surface area contributed by atoms with Crippen LogP contribution in [0, 0.1) is 0 Å². The van der Waals surface area contributed by atoms with Crippen molar-refractivity contribution in [3.63, 3.8) is 0 Å². The molecule has 22 heavy (non-hydrogen) atoms. The average molecular weight is 327 g/mol. The van der Waals surface area contributed by atoms with E-state index in [0.717, 1.165) is 12.1 Å². The van der Waals surface area contributed by atoms with Crippen molar-refractivity contribution in [1.82, 2.24) is 5.32 Å². The number of aliphatic carboxylic acids is 1. The summed E-state index contributed by atoms with van der Waals surface area (Å²) in [6.07, 6.45) is -5.66. The molecule has 0 fully saturated rings. The maximum Gasteiger partial charge on any atom is 0.471 e. The van der Waals surface area contributed by atoms with E-state index in [9.17, 15) is 31.5 Å². The number of hydrogen-bond donors (Lipinski definition) is 2. The van der Waals surface area contributed by atoms with Crippen LogP contribution in [0.5, 0.6) is 5.75 Å². The first kappa shape index (κ1) is 17.7. The Bertz CT molecular complexity index is 529. The zero-order chi connectivity index (χ0) is 16.9. The molecule has 0 bridgehead atoms. The average Bonchev–Trinajstić information content (AvgIpc) is 2.38. The quantitative estimate of drug-likeness (QED) is 0.783. The van der Waals surface area contributed by atoms with Crippen LogP contribution in [0.4, 0.5) is 22.0 Å². The molecule has 1 rings (SSSR count). The third kappa shape index (κ3) is 5.54. The van der Waals surface area contributed by atoms with Gasteiger partial charge in [-0.3, -0.25) is 4.79 Å². The van der Waals surface area contributed by atoms with Crippen molar-refractivity contribution < 1.29 is 41.4 Å². The summed E-state index contributed by atoms with van der Waals surface area (Å²) in [5.41, 5.74) is 0.219. The van der Waals surface area contributed by atoms with Crippen molar-refractivity contribution in [3.8, 4) is 5.75 Å². The number of nitrogens with one attached hydrogen (secondary N) is 1. The van der Waals surface area contributed by atoms with E-state index in [1.165, 1.54) is 17.4 Å². The second-order valence-corrected chi connectivity index (χ2v) is 4.09. The zero-order valence-electron chi connectivity index (χ0n) is 10.7. The molecule has 2 N–H and O–H groups in total. The molecule has 1 aromatic rings. The number of carbonyl (C=O) groups excluding carboxylic acids is 1. The molecule has 0 aliphatic rings. The van der Waals surface area contributed by atoms with E-state index < -0.39 is 37.1 Å². The number of carboxylic acid groups (broad SMARTS) is 1. The zero-order valence-corrected chi connectivity index (χ0v) is 10.7. The Balaban J connectivity index is 2.75. The number of hydrogen-bond acceptors (Lipinski definition) is 3. The normalized spacial score (nSPS) is 12.8. The number of carboxylic acids is 1. The van der Waals surface area contributed by atoms with Gasteiger partial charge >= 0.3 is 24.7 Å². The predicted octanol–water partition coefficient (Wildman–Crippen LogP) is 1.96. The predicted molar refractivity (Wildman–Crippen MR) is 62.4 cm³/mol. The summed E-state index contributed by atoms with van der Waals surface area (Å²) in [7, 11) is 0. The van der Waals surface area contributed by atoms with E-state index >= 15 is 0 Å². The van der Waals surface area contributed by atoms with E-state index in [-0.39, 0.29) is 11.3 Å². The fourth-order valence-corrected chi connectivity index (χ4v) is 1.48. The van der Waals surface area contributed by atoms with Crippen molar-refractivity contribution in [1.29, 1.82) is 0 Å². The first-order chi connectivity index (χ1) is 10.1. The molecule has 0 saturated carbocycles. The summed E-state index contributed by atoms with van der Waals surface area (Å²) in [5, 5.41) is 10.2. The van der Waals surface area contributed by atoms with Gasteiger partial charge in [-0.15, -0.1) is 0 Å². The van der Waals surface area contributed by atoms with Gasteiger partial charge in [0, 0.05) is 6.42 Å². The highest BCUT2D eigenvalue weighted by Crippen LogP contribution is 2.17. The Hall–Kier alpha value is -2.39. The largest absolute Gasteiger partial charge is 0.480 e. The van der Waals surface area contributed by atoms with Crippen molar-refractivity contribution in [2.45, 2.75) is 25.3 Å². The Kier molecular flexibility index (Phi) is 5.66. The highest BCUT2D eigenvalue weighted by atomic mass is 19.4. The third-order valence-corrected chi connectivity index (χ3v) is 2.45. The Labute approximate surface area is 120 Å². The minimum atomic E-state index is -5.21. The van der Waals surface area contributed by atoms with Crippen LogP contribution in [0.3, 0.4) is 0 Å². The molecule has 5 nitrogen and oxygen atoms in total. The van der Waals surface area contributed by atoms with Crippen LogP contribution in [-0.4, -0.2) is 35.8 Å². The number of benzene rings is 1. The molecule has 122 valence electrons. The number of alkyl halides is 5. The number of rotatable bonds is 6. The van der Waals surface area contributed by atoms with Gasteiger partial charge < -0.3 is 15.2 Å². The summed E-state index contributed by atoms with van der Waals surface area (Å²) in [6.45, 7) is -3.04. The molecule has 1 aromatic carbocycles. The Morgan fingerprint density at radius 1 is 1.18 bits per heavy atom. The SMILES string of the molecule is O=C(O)C(Cc1ccc(OC(F)F)cc1)NC(=O)C(F)(F)F. The van der Waals surface area contributed by atoms with Crippen LogP contribution < -0.4 is 10.1 Å². The van der Waals surface area contributed by atoms with E-state index in [0.29, 0.717) is 0 Å². The smallest absolute Gasteiger partial charge is 0.471 e. The first-order valence-electron chi connectivity index (χ1n) is 5.74. The minimum Gasteiger partial charge on any atom is -0.480 e. The molecule has 0 heterocycles. The van der Waals surface area contributed by atoms with Gasteiger partial charge in [0.05, 0.1) is 0 Å². The molecule has 0 saturated heterocycles. The molecule has 1 amide bonds. The van der Waals surface area contributed by atoms with Crippen LogP contribution in [0.25, 0.3) is 0 Å². The summed E-state index contributed by atoms with van der Waals surface area (Å²) < 4.78 is 64.2. The van der Waals surface area contributed by atoms with Gasteiger partial charge in [-0.25, -0.2) is 4.79 Å². The molecule has 0 aliphatic heterocycles. The van der Waals surface area contributed by atoms with E-state index in [1.54, 1.807) is 0 Å². The Morgan fingerprint density at radius 2 is 1.73 bits per heavy atom. The molecule has 10 heteroatoms. The van der Waals surface area contributed by atoms with Gasteiger partial charge in [-0.1, -0.05) is 12.1 Å². The summed E-state index contributed by atoms with van der Waals surface area (Å²) in [4.78, 5) is 21.6. The van der Waals surface area contributed by atoms with Gasteiger partial charge in [-0.05, 0) is 17.7 Å². The highest BCUT2D eigenvalue weighted by Gasteiger charge is 2.40. The lowest BCUT2D eigenvalue weighted by Crippen LogP contribution is -2.47. The molecule has 0 spiro atoms. The topological polar surface area (TPSA) is 75.6 Å². The van der Waals surface area contributed by atoms with Crippen LogP contribution in [0.15, 0.2) is 24.3 Å². The first-order valence-corrected chi connectivity index (χ1v) is 5.74. The lowest BCUT2D eigenvalue weighted by Gasteiger charge is -2.16. The molecule has 1 unspecified atom stereocenters. The Morgan fingerprint density at radius 3 is 2.14 bits per heavy atom. The number of halogens is 5. The fourth-order valence-electron chi connectivity index (χ4n) is 1.48.